The molecule has 0 radical (unpaired) electrons. The van der Waals surface area contributed by atoms with Gasteiger partial charge in [0.15, 0.2) is 0 Å². The summed E-state index contributed by atoms with van der Waals surface area (Å²) in [5, 5.41) is 9.94. The number of carboxylic acids is 1. The van der Waals surface area contributed by atoms with Crippen molar-refractivity contribution in [2.24, 2.45) is 5.73 Å². The lowest BCUT2D eigenvalue weighted by Gasteiger charge is -2.09. The van der Waals surface area contributed by atoms with Crippen LogP contribution in [0.4, 0.5) is 0 Å². The third-order valence-corrected chi connectivity index (χ3v) is 3.48. The van der Waals surface area contributed by atoms with Crippen molar-refractivity contribution in [2.75, 3.05) is 0 Å². The van der Waals surface area contributed by atoms with E-state index >= 15 is 0 Å². The van der Waals surface area contributed by atoms with Gasteiger partial charge in [0.1, 0.15) is 6.04 Å². The molecule has 0 aliphatic rings. The number of halogens is 1. The average Bonchev–Trinajstić information content (AvgIpc) is 2.66. The topological polar surface area (TPSA) is 68.2 Å². The van der Waals surface area contributed by atoms with E-state index in [0.717, 1.165) is 15.4 Å². The fraction of sp³-hybridized carbons (Fsp3) is 0.308. The van der Waals surface area contributed by atoms with Crippen molar-refractivity contribution in [1.29, 1.82) is 0 Å². The molecule has 1 heterocycles. The highest BCUT2D eigenvalue weighted by Crippen LogP contribution is 2.30. The highest BCUT2D eigenvalue weighted by molar-refractivity contribution is 9.10. The van der Waals surface area contributed by atoms with Crippen LogP contribution in [0.25, 0.3) is 10.9 Å². The van der Waals surface area contributed by atoms with Crippen LogP contribution in [0.2, 0.25) is 0 Å². The van der Waals surface area contributed by atoms with E-state index in [-0.39, 0.29) is 6.04 Å². The number of carboxylic acid groups (broad SMARTS) is 1. The Morgan fingerprint density at radius 1 is 1.44 bits per heavy atom. The summed E-state index contributed by atoms with van der Waals surface area (Å²) in [5.41, 5.74) is 7.37. The quantitative estimate of drug-likeness (QED) is 0.915. The van der Waals surface area contributed by atoms with Crippen molar-refractivity contribution < 1.29 is 9.90 Å². The summed E-state index contributed by atoms with van der Waals surface area (Å²) >= 11 is 3.43. The summed E-state index contributed by atoms with van der Waals surface area (Å²) in [6.07, 6.45) is 1.83. The number of carbonyl (C=O) groups is 1. The Kier molecular flexibility index (Phi) is 3.45. The zero-order valence-electron chi connectivity index (χ0n) is 10.2. The average molecular weight is 311 g/mol. The molecule has 0 saturated carbocycles. The third-order valence-electron chi connectivity index (χ3n) is 2.98. The van der Waals surface area contributed by atoms with Crippen LogP contribution >= 0.6 is 15.9 Å². The fourth-order valence-corrected chi connectivity index (χ4v) is 2.41. The van der Waals surface area contributed by atoms with E-state index < -0.39 is 12.0 Å². The molecule has 0 aliphatic heterocycles. The van der Waals surface area contributed by atoms with E-state index in [1.165, 1.54) is 0 Å². The Hall–Kier alpha value is -1.33. The van der Waals surface area contributed by atoms with E-state index in [1.807, 2.05) is 29.0 Å². The summed E-state index contributed by atoms with van der Waals surface area (Å²) in [6, 6.07) is 5.03. The van der Waals surface area contributed by atoms with E-state index in [9.17, 15) is 4.79 Å². The predicted octanol–water partition coefficient (Wildman–Crippen LogP) is 3.07. The van der Waals surface area contributed by atoms with Gasteiger partial charge in [-0.2, -0.15) is 0 Å². The first-order valence-electron chi connectivity index (χ1n) is 5.70. The Morgan fingerprint density at radius 2 is 2.11 bits per heavy atom. The maximum absolute atomic E-state index is 11.0. The van der Waals surface area contributed by atoms with E-state index in [2.05, 4.69) is 29.8 Å². The van der Waals surface area contributed by atoms with Crippen molar-refractivity contribution in [2.45, 2.75) is 25.9 Å². The summed E-state index contributed by atoms with van der Waals surface area (Å²) in [6.45, 7) is 4.10. The molecule has 0 aliphatic carbocycles. The zero-order valence-corrected chi connectivity index (χ0v) is 11.8. The first-order valence-corrected chi connectivity index (χ1v) is 6.49. The number of fused-ring (bicyclic) bond motifs is 1. The molecule has 18 heavy (non-hydrogen) atoms. The molecule has 1 atom stereocenters. The molecular weight excluding hydrogens is 296 g/mol. The van der Waals surface area contributed by atoms with E-state index in [0.29, 0.717) is 5.56 Å². The first kappa shape index (κ1) is 13.1. The second-order valence-corrected chi connectivity index (χ2v) is 5.48. The maximum Gasteiger partial charge on any atom is 0.325 e. The molecule has 1 aromatic carbocycles. The lowest BCUT2D eigenvalue weighted by Crippen LogP contribution is -2.20. The van der Waals surface area contributed by atoms with Gasteiger partial charge >= 0.3 is 5.97 Å². The molecule has 1 aromatic heterocycles. The van der Waals surface area contributed by atoms with Crippen LogP contribution in [0.3, 0.4) is 0 Å². The molecule has 0 fully saturated rings. The second kappa shape index (κ2) is 4.74. The third kappa shape index (κ3) is 2.15. The predicted molar refractivity (Wildman–Crippen MR) is 74.6 cm³/mol. The van der Waals surface area contributed by atoms with Gasteiger partial charge in [0.05, 0.1) is 0 Å². The van der Waals surface area contributed by atoms with Crippen LogP contribution in [0.15, 0.2) is 28.9 Å². The summed E-state index contributed by atoms with van der Waals surface area (Å²) in [5.74, 6) is -1.01. The van der Waals surface area contributed by atoms with E-state index in [1.54, 1.807) is 0 Å². The minimum Gasteiger partial charge on any atom is -0.480 e. The van der Waals surface area contributed by atoms with Crippen molar-refractivity contribution in [3.05, 3.63) is 34.4 Å². The lowest BCUT2D eigenvalue weighted by molar-refractivity contribution is -0.138. The number of hydrogen-bond donors (Lipinski definition) is 2. The largest absolute Gasteiger partial charge is 0.480 e. The van der Waals surface area contributed by atoms with Crippen LogP contribution in [0.1, 0.15) is 31.5 Å². The van der Waals surface area contributed by atoms with Gasteiger partial charge in [0.2, 0.25) is 0 Å². The van der Waals surface area contributed by atoms with Crippen molar-refractivity contribution in [3.63, 3.8) is 0 Å². The van der Waals surface area contributed by atoms with Crippen LogP contribution in [0, 0.1) is 0 Å². The Balaban J connectivity index is 2.72. The number of rotatable bonds is 3. The van der Waals surface area contributed by atoms with Crippen LogP contribution in [-0.2, 0) is 4.79 Å². The SMILES string of the molecule is CC(C)n1cc(C(N)C(=O)O)c2ccc(Br)cc21. The zero-order chi connectivity index (χ0) is 13.4. The van der Waals surface area contributed by atoms with Gasteiger partial charge in [-0.15, -0.1) is 0 Å². The molecule has 0 amide bonds. The highest BCUT2D eigenvalue weighted by Gasteiger charge is 2.20. The van der Waals surface area contributed by atoms with Gasteiger partial charge in [-0.1, -0.05) is 22.0 Å². The second-order valence-electron chi connectivity index (χ2n) is 4.56. The Bertz CT molecular complexity index is 604. The molecular formula is C13H15BrN2O2. The fourth-order valence-electron chi connectivity index (χ4n) is 2.06. The number of aliphatic carboxylic acids is 1. The van der Waals surface area contributed by atoms with Crippen molar-refractivity contribution >= 4 is 32.8 Å². The number of nitrogens with two attached hydrogens (primary N) is 1. The highest BCUT2D eigenvalue weighted by atomic mass is 79.9. The summed E-state index contributed by atoms with van der Waals surface area (Å²) < 4.78 is 3.00. The monoisotopic (exact) mass is 310 g/mol. The van der Waals surface area contributed by atoms with E-state index in [4.69, 9.17) is 10.8 Å². The van der Waals surface area contributed by atoms with Gasteiger partial charge in [-0.3, -0.25) is 4.79 Å². The summed E-state index contributed by atoms with van der Waals surface area (Å²) in [7, 11) is 0. The van der Waals surface area contributed by atoms with Gasteiger partial charge in [0, 0.05) is 33.2 Å². The smallest absolute Gasteiger partial charge is 0.325 e. The van der Waals surface area contributed by atoms with Crippen molar-refractivity contribution in [1.82, 2.24) is 4.57 Å². The number of nitrogens with zero attached hydrogens (tertiary/aromatic N) is 1. The molecule has 4 nitrogen and oxygen atoms in total. The molecule has 2 aromatic rings. The van der Waals surface area contributed by atoms with Gasteiger partial charge < -0.3 is 15.4 Å². The van der Waals surface area contributed by atoms with Gasteiger partial charge in [-0.05, 0) is 26.0 Å². The Morgan fingerprint density at radius 3 is 2.67 bits per heavy atom. The standard InChI is InChI=1S/C13H15BrN2O2/c1-7(2)16-6-10(12(15)13(17)18)9-4-3-8(14)5-11(9)16/h3-7,12H,15H2,1-2H3,(H,17,18). The molecule has 2 rings (SSSR count). The molecule has 0 spiro atoms. The minimum absolute atomic E-state index is 0.247. The van der Waals surface area contributed by atoms with Crippen LogP contribution < -0.4 is 5.73 Å². The van der Waals surface area contributed by atoms with Crippen molar-refractivity contribution in [3.8, 4) is 0 Å². The maximum atomic E-state index is 11.0. The molecule has 0 bridgehead atoms. The molecule has 3 N–H and O–H groups in total. The molecule has 0 saturated heterocycles. The van der Waals surface area contributed by atoms with Gasteiger partial charge in [-0.25, -0.2) is 0 Å². The number of benzene rings is 1. The lowest BCUT2D eigenvalue weighted by atomic mass is 10.1. The molecule has 96 valence electrons. The molecule has 1 unspecified atom stereocenters. The van der Waals surface area contributed by atoms with Gasteiger partial charge in [0.25, 0.3) is 0 Å². The normalized spacial score (nSPS) is 13.2. The first-order chi connectivity index (χ1) is 8.41. The molecule has 5 heteroatoms. The Labute approximate surface area is 114 Å². The van der Waals surface area contributed by atoms with Crippen LogP contribution in [0.5, 0.6) is 0 Å². The number of hydrogen-bond acceptors (Lipinski definition) is 2. The minimum atomic E-state index is -1.01. The summed E-state index contributed by atoms with van der Waals surface area (Å²) in [4.78, 5) is 11.0. The number of aromatic nitrogens is 1. The van der Waals surface area contributed by atoms with Crippen LogP contribution in [-0.4, -0.2) is 15.6 Å².